The van der Waals surface area contributed by atoms with Crippen LogP contribution in [0.5, 0.6) is 5.75 Å². The van der Waals surface area contributed by atoms with Crippen LogP contribution in [0.4, 0.5) is 0 Å². The van der Waals surface area contributed by atoms with Gasteiger partial charge in [-0.05, 0) is 43.7 Å². The van der Waals surface area contributed by atoms with Gasteiger partial charge in [0.1, 0.15) is 18.5 Å². The fraction of sp³-hybridized carbons (Fsp3) is 0.667. The lowest BCUT2D eigenvalue weighted by molar-refractivity contribution is 0.102. The van der Waals surface area contributed by atoms with Crippen molar-refractivity contribution < 1.29 is 9.84 Å². The van der Waals surface area contributed by atoms with Crippen LogP contribution in [0.15, 0.2) is 18.2 Å². The molecule has 21 heavy (non-hydrogen) atoms. The highest BCUT2D eigenvalue weighted by atomic mass is 16.5. The summed E-state index contributed by atoms with van der Waals surface area (Å²) >= 11 is 0. The van der Waals surface area contributed by atoms with E-state index in [4.69, 9.17) is 4.74 Å². The van der Waals surface area contributed by atoms with E-state index in [2.05, 4.69) is 12.2 Å². The van der Waals surface area contributed by atoms with Gasteiger partial charge in [-0.25, -0.2) is 0 Å². The maximum absolute atomic E-state index is 10.1. The van der Waals surface area contributed by atoms with Crippen LogP contribution in [-0.2, 0) is 0 Å². The third-order valence-corrected chi connectivity index (χ3v) is 4.28. The van der Waals surface area contributed by atoms with Crippen LogP contribution < -0.4 is 10.1 Å². The number of hydrogen-bond acceptors (Lipinski definition) is 3. The molecular weight excluding hydrogens is 262 g/mol. The van der Waals surface area contributed by atoms with Gasteiger partial charge in [0.25, 0.3) is 0 Å². The molecule has 118 valence electrons. The molecule has 3 nitrogen and oxygen atoms in total. The molecule has 2 N–H and O–H groups in total. The molecule has 0 bridgehead atoms. The molecule has 3 heteroatoms. The molecule has 2 atom stereocenters. The van der Waals surface area contributed by atoms with Crippen molar-refractivity contribution >= 4 is 0 Å². The maximum Gasteiger partial charge on any atom is 0.125 e. The standard InChI is InChI=1S/C18H29NO2/c1-4-16(10-15-8-9-15)19-11-17(20)12-21-18-13(2)6-5-7-14(18)3/h5-7,15-17,19-20H,4,8-12H2,1-3H3. The maximum atomic E-state index is 10.1. The predicted molar refractivity (Wildman–Crippen MR) is 86.8 cm³/mol. The van der Waals surface area contributed by atoms with Gasteiger partial charge >= 0.3 is 0 Å². The number of benzene rings is 1. The van der Waals surface area contributed by atoms with Crippen LogP contribution in [0.2, 0.25) is 0 Å². The molecule has 1 aromatic carbocycles. The molecule has 1 saturated carbocycles. The third kappa shape index (κ3) is 5.33. The molecule has 0 heterocycles. The van der Waals surface area contributed by atoms with Gasteiger partial charge in [0, 0.05) is 12.6 Å². The van der Waals surface area contributed by atoms with Crippen molar-refractivity contribution in [1.82, 2.24) is 5.32 Å². The molecule has 1 aromatic rings. The first-order valence-corrected chi connectivity index (χ1v) is 8.20. The van der Waals surface area contributed by atoms with Gasteiger partial charge in [-0.3, -0.25) is 0 Å². The molecule has 0 radical (unpaired) electrons. The van der Waals surface area contributed by atoms with E-state index in [1.807, 2.05) is 32.0 Å². The van der Waals surface area contributed by atoms with Gasteiger partial charge in [-0.2, -0.15) is 0 Å². The van der Waals surface area contributed by atoms with Gasteiger partial charge in [-0.15, -0.1) is 0 Å². The van der Waals surface area contributed by atoms with E-state index in [1.165, 1.54) is 19.3 Å². The van der Waals surface area contributed by atoms with Gasteiger partial charge < -0.3 is 15.2 Å². The zero-order chi connectivity index (χ0) is 15.2. The Balaban J connectivity index is 1.72. The Labute approximate surface area is 128 Å². The number of aryl methyl sites for hydroxylation is 2. The lowest BCUT2D eigenvalue weighted by atomic mass is 10.1. The van der Waals surface area contributed by atoms with Gasteiger partial charge in [0.05, 0.1) is 0 Å². The highest BCUT2D eigenvalue weighted by Crippen LogP contribution is 2.34. The molecule has 0 aliphatic heterocycles. The Morgan fingerprint density at radius 2 is 1.95 bits per heavy atom. The van der Waals surface area contributed by atoms with Crippen LogP contribution in [0.1, 0.15) is 43.7 Å². The summed E-state index contributed by atoms with van der Waals surface area (Å²) in [5.74, 6) is 1.83. The van der Waals surface area contributed by atoms with E-state index in [0.29, 0.717) is 19.2 Å². The Bertz CT molecular complexity index is 423. The molecule has 1 fully saturated rings. The van der Waals surface area contributed by atoms with Crippen molar-refractivity contribution in [1.29, 1.82) is 0 Å². The van der Waals surface area contributed by atoms with Crippen molar-refractivity contribution in [3.8, 4) is 5.75 Å². The summed E-state index contributed by atoms with van der Waals surface area (Å²) in [6.45, 7) is 7.24. The summed E-state index contributed by atoms with van der Waals surface area (Å²) in [5, 5.41) is 13.6. The molecule has 0 amide bonds. The van der Waals surface area contributed by atoms with Crippen molar-refractivity contribution in [2.75, 3.05) is 13.2 Å². The van der Waals surface area contributed by atoms with E-state index >= 15 is 0 Å². The van der Waals surface area contributed by atoms with E-state index < -0.39 is 6.10 Å². The molecule has 1 aliphatic rings. The smallest absolute Gasteiger partial charge is 0.125 e. The zero-order valence-corrected chi connectivity index (χ0v) is 13.6. The van der Waals surface area contributed by atoms with Crippen LogP contribution in [-0.4, -0.2) is 30.4 Å². The molecule has 0 aromatic heterocycles. The number of hydrogen-bond donors (Lipinski definition) is 2. The molecule has 2 unspecified atom stereocenters. The second-order valence-electron chi connectivity index (χ2n) is 6.38. The van der Waals surface area contributed by atoms with E-state index in [1.54, 1.807) is 0 Å². The van der Waals surface area contributed by atoms with Crippen LogP contribution >= 0.6 is 0 Å². The van der Waals surface area contributed by atoms with E-state index in [0.717, 1.165) is 29.2 Å². The Morgan fingerprint density at radius 3 is 2.52 bits per heavy atom. The molecule has 2 rings (SSSR count). The normalized spacial score (nSPS) is 17.5. The van der Waals surface area contributed by atoms with E-state index in [9.17, 15) is 5.11 Å². The quantitative estimate of drug-likeness (QED) is 0.734. The lowest BCUT2D eigenvalue weighted by Crippen LogP contribution is -2.38. The van der Waals surface area contributed by atoms with Crippen molar-refractivity contribution in [3.05, 3.63) is 29.3 Å². The average molecular weight is 291 g/mol. The average Bonchev–Trinajstić information content (AvgIpc) is 3.26. The lowest BCUT2D eigenvalue weighted by Gasteiger charge is -2.20. The molecule has 1 aliphatic carbocycles. The summed E-state index contributed by atoms with van der Waals surface area (Å²) in [6, 6.07) is 6.64. The Kier molecular flexibility index (Phi) is 6.07. The summed E-state index contributed by atoms with van der Waals surface area (Å²) in [7, 11) is 0. The number of nitrogens with one attached hydrogen (secondary N) is 1. The van der Waals surface area contributed by atoms with Gasteiger partial charge in [0.15, 0.2) is 0 Å². The molecular formula is C18H29NO2. The highest BCUT2D eigenvalue weighted by molar-refractivity contribution is 5.39. The van der Waals surface area contributed by atoms with Crippen LogP contribution in [0, 0.1) is 19.8 Å². The van der Waals surface area contributed by atoms with Gasteiger partial charge in [0.2, 0.25) is 0 Å². The highest BCUT2D eigenvalue weighted by Gasteiger charge is 2.24. The summed E-state index contributed by atoms with van der Waals surface area (Å²) in [6.07, 6.45) is 4.69. The second kappa shape index (κ2) is 7.81. The topological polar surface area (TPSA) is 41.5 Å². The summed E-state index contributed by atoms with van der Waals surface area (Å²) < 4.78 is 5.80. The number of rotatable bonds is 9. The van der Waals surface area contributed by atoms with Crippen molar-refractivity contribution in [3.63, 3.8) is 0 Å². The molecule has 0 saturated heterocycles. The first-order valence-electron chi connectivity index (χ1n) is 8.20. The number of aliphatic hydroxyl groups is 1. The summed E-state index contributed by atoms with van der Waals surface area (Å²) in [5.41, 5.74) is 2.24. The fourth-order valence-electron chi connectivity index (χ4n) is 2.72. The van der Waals surface area contributed by atoms with Crippen molar-refractivity contribution in [2.24, 2.45) is 5.92 Å². The van der Waals surface area contributed by atoms with Crippen LogP contribution in [0.3, 0.4) is 0 Å². The Morgan fingerprint density at radius 1 is 1.29 bits per heavy atom. The monoisotopic (exact) mass is 291 g/mol. The SMILES string of the molecule is CCC(CC1CC1)NCC(O)COc1c(C)cccc1C. The predicted octanol–water partition coefficient (Wildman–Crippen LogP) is 3.21. The first-order chi connectivity index (χ1) is 10.1. The van der Waals surface area contributed by atoms with Crippen LogP contribution in [0.25, 0.3) is 0 Å². The zero-order valence-electron chi connectivity index (χ0n) is 13.6. The third-order valence-electron chi connectivity index (χ3n) is 4.28. The summed E-state index contributed by atoms with van der Waals surface area (Å²) in [4.78, 5) is 0. The first kappa shape index (κ1) is 16.3. The molecule has 0 spiro atoms. The number of ether oxygens (including phenoxy) is 1. The minimum absolute atomic E-state index is 0.346. The largest absolute Gasteiger partial charge is 0.490 e. The number of para-hydroxylation sites is 1. The fourth-order valence-corrected chi connectivity index (χ4v) is 2.72. The van der Waals surface area contributed by atoms with E-state index in [-0.39, 0.29) is 0 Å². The number of aliphatic hydroxyl groups excluding tert-OH is 1. The second-order valence-corrected chi connectivity index (χ2v) is 6.38. The minimum atomic E-state index is -0.461. The Hall–Kier alpha value is -1.06. The minimum Gasteiger partial charge on any atom is -0.490 e. The van der Waals surface area contributed by atoms with Crippen molar-refractivity contribution in [2.45, 2.75) is 58.6 Å². The van der Waals surface area contributed by atoms with Gasteiger partial charge in [-0.1, -0.05) is 38.0 Å².